The van der Waals surface area contributed by atoms with Crippen molar-refractivity contribution in [3.63, 3.8) is 0 Å². The van der Waals surface area contributed by atoms with Crippen molar-refractivity contribution in [3.05, 3.63) is 29.8 Å². The lowest BCUT2D eigenvalue weighted by Crippen LogP contribution is -2.37. The molecule has 0 atom stereocenters. The highest BCUT2D eigenvalue weighted by Gasteiger charge is 2.21. The van der Waals surface area contributed by atoms with Crippen molar-refractivity contribution in [2.75, 3.05) is 26.4 Å². The number of aliphatic hydroxyl groups is 1. The summed E-state index contributed by atoms with van der Waals surface area (Å²) in [6.45, 7) is 8.32. The van der Waals surface area contributed by atoms with E-state index in [1.807, 2.05) is 52.0 Å². The fraction of sp³-hybridized carbons (Fsp3) is 0.588. The Morgan fingerprint density at radius 3 is 2.35 bits per heavy atom. The van der Waals surface area contributed by atoms with E-state index in [1.165, 1.54) is 5.06 Å². The van der Waals surface area contributed by atoms with Gasteiger partial charge in [-0.15, -0.1) is 0 Å². The summed E-state index contributed by atoms with van der Waals surface area (Å²) in [4.78, 5) is 17.3. The zero-order chi connectivity index (χ0) is 17.3. The molecule has 0 aliphatic rings. The van der Waals surface area contributed by atoms with E-state index in [2.05, 4.69) is 0 Å². The maximum absolute atomic E-state index is 11.9. The Bertz CT molecular complexity index is 467. The number of hydrogen-bond acceptors (Lipinski definition) is 5. The molecule has 130 valence electrons. The van der Waals surface area contributed by atoms with Gasteiger partial charge in [-0.1, -0.05) is 12.1 Å². The van der Waals surface area contributed by atoms with Crippen molar-refractivity contribution in [1.82, 2.24) is 5.06 Å². The molecule has 6 nitrogen and oxygen atoms in total. The van der Waals surface area contributed by atoms with E-state index in [1.54, 1.807) is 0 Å². The van der Waals surface area contributed by atoms with E-state index in [-0.39, 0.29) is 13.2 Å². The third-order valence-electron chi connectivity index (χ3n) is 2.81. The molecule has 1 rings (SSSR count). The van der Waals surface area contributed by atoms with E-state index in [4.69, 9.17) is 19.4 Å². The topological polar surface area (TPSA) is 68.2 Å². The van der Waals surface area contributed by atoms with Crippen LogP contribution < -0.4 is 4.74 Å². The summed E-state index contributed by atoms with van der Waals surface area (Å²) in [5.41, 5.74) is 0.499. The van der Waals surface area contributed by atoms with Crippen LogP contribution in [-0.4, -0.2) is 48.2 Å². The largest absolute Gasteiger partial charge is 0.491 e. The van der Waals surface area contributed by atoms with Crippen LogP contribution in [0.2, 0.25) is 0 Å². The number of aliphatic hydroxyl groups excluding tert-OH is 1. The maximum Gasteiger partial charge on any atom is 0.434 e. The smallest absolute Gasteiger partial charge is 0.434 e. The van der Waals surface area contributed by atoms with Crippen molar-refractivity contribution in [2.45, 2.75) is 39.7 Å². The van der Waals surface area contributed by atoms with E-state index in [0.717, 1.165) is 11.3 Å². The second kappa shape index (κ2) is 9.37. The minimum absolute atomic E-state index is 0.131. The Morgan fingerprint density at radius 2 is 1.83 bits per heavy atom. The van der Waals surface area contributed by atoms with Crippen LogP contribution in [-0.2, 0) is 16.0 Å². The normalized spacial score (nSPS) is 11.2. The van der Waals surface area contributed by atoms with Gasteiger partial charge < -0.3 is 14.6 Å². The predicted molar refractivity (Wildman–Crippen MR) is 87.3 cm³/mol. The van der Waals surface area contributed by atoms with E-state index >= 15 is 0 Å². The average Bonchev–Trinajstić information content (AvgIpc) is 2.47. The van der Waals surface area contributed by atoms with E-state index in [0.29, 0.717) is 19.6 Å². The summed E-state index contributed by atoms with van der Waals surface area (Å²) in [6, 6.07) is 7.50. The highest BCUT2D eigenvalue weighted by atomic mass is 16.7. The van der Waals surface area contributed by atoms with Gasteiger partial charge in [0.15, 0.2) is 0 Å². The summed E-state index contributed by atoms with van der Waals surface area (Å²) in [6.07, 6.45) is 0.124. The Labute approximate surface area is 137 Å². The molecule has 0 saturated carbocycles. The zero-order valence-corrected chi connectivity index (χ0v) is 14.4. The number of hydroxylamine groups is 2. The van der Waals surface area contributed by atoms with E-state index < -0.39 is 11.7 Å². The standard InChI is InChI=1S/C17H27NO5/c1-5-18(16(20)23-17(2,3)4)22-13-12-21-15-8-6-14(7-9-15)10-11-19/h6-9,19H,5,10-13H2,1-4H3. The number of amides is 1. The molecule has 23 heavy (non-hydrogen) atoms. The monoisotopic (exact) mass is 325 g/mol. The molecule has 1 aromatic rings. The summed E-state index contributed by atoms with van der Waals surface area (Å²) in [7, 11) is 0. The molecule has 6 heteroatoms. The molecule has 0 spiro atoms. The molecular weight excluding hydrogens is 298 g/mol. The molecule has 0 aliphatic heterocycles. The molecule has 0 aromatic heterocycles. The first-order chi connectivity index (χ1) is 10.9. The van der Waals surface area contributed by atoms with Gasteiger partial charge in [-0.3, -0.25) is 4.84 Å². The molecule has 0 heterocycles. The SMILES string of the molecule is CCN(OCCOc1ccc(CCO)cc1)C(=O)OC(C)(C)C. The van der Waals surface area contributed by atoms with Crippen molar-refractivity contribution < 1.29 is 24.2 Å². The zero-order valence-electron chi connectivity index (χ0n) is 14.4. The molecular formula is C17H27NO5. The highest BCUT2D eigenvalue weighted by molar-refractivity contribution is 5.66. The molecule has 1 aromatic carbocycles. The number of carbonyl (C=O) groups excluding carboxylic acids is 1. The van der Waals surface area contributed by atoms with Gasteiger partial charge >= 0.3 is 6.09 Å². The van der Waals surface area contributed by atoms with Crippen molar-refractivity contribution in [1.29, 1.82) is 0 Å². The number of carbonyl (C=O) groups is 1. The molecule has 0 aliphatic carbocycles. The predicted octanol–water partition coefficient (Wildman–Crippen LogP) is 2.79. The van der Waals surface area contributed by atoms with Crippen LogP contribution in [0.4, 0.5) is 4.79 Å². The van der Waals surface area contributed by atoms with Crippen LogP contribution in [0.25, 0.3) is 0 Å². The fourth-order valence-corrected chi connectivity index (χ4v) is 1.77. The van der Waals surface area contributed by atoms with Gasteiger partial charge in [0, 0.05) is 13.2 Å². The maximum atomic E-state index is 11.9. The van der Waals surface area contributed by atoms with Crippen LogP contribution in [0.1, 0.15) is 33.3 Å². The third kappa shape index (κ3) is 7.85. The first kappa shape index (κ1) is 19.3. The second-order valence-electron chi connectivity index (χ2n) is 5.97. The Balaban J connectivity index is 2.33. The molecule has 0 saturated heterocycles. The van der Waals surface area contributed by atoms with Gasteiger partial charge in [0.25, 0.3) is 0 Å². The second-order valence-corrected chi connectivity index (χ2v) is 5.97. The third-order valence-corrected chi connectivity index (χ3v) is 2.81. The molecule has 0 unspecified atom stereocenters. The lowest BCUT2D eigenvalue weighted by molar-refractivity contribution is -0.149. The van der Waals surface area contributed by atoms with Crippen LogP contribution in [0, 0.1) is 0 Å². The van der Waals surface area contributed by atoms with E-state index in [9.17, 15) is 4.79 Å². The van der Waals surface area contributed by atoms with Crippen LogP contribution in [0.15, 0.2) is 24.3 Å². The summed E-state index contributed by atoms with van der Waals surface area (Å²) in [5, 5.41) is 10.0. The average molecular weight is 325 g/mol. The number of rotatable bonds is 8. The van der Waals surface area contributed by atoms with Gasteiger partial charge in [0.1, 0.15) is 24.6 Å². The molecule has 0 fully saturated rings. The summed E-state index contributed by atoms with van der Waals surface area (Å²) < 4.78 is 10.8. The van der Waals surface area contributed by atoms with Gasteiger partial charge in [-0.05, 0) is 51.8 Å². The van der Waals surface area contributed by atoms with Gasteiger partial charge in [-0.2, -0.15) is 5.06 Å². The quantitative estimate of drug-likeness (QED) is 0.588. The number of hydrogen-bond donors (Lipinski definition) is 1. The van der Waals surface area contributed by atoms with Gasteiger partial charge in [-0.25, -0.2) is 4.79 Å². The lowest BCUT2D eigenvalue weighted by Gasteiger charge is -2.25. The van der Waals surface area contributed by atoms with Crippen molar-refractivity contribution in [2.24, 2.45) is 0 Å². The number of nitrogens with zero attached hydrogens (tertiary/aromatic N) is 1. The minimum Gasteiger partial charge on any atom is -0.491 e. The Kier molecular flexibility index (Phi) is 7.85. The first-order valence-electron chi connectivity index (χ1n) is 7.81. The Hall–Kier alpha value is -1.79. The van der Waals surface area contributed by atoms with Gasteiger partial charge in [0.2, 0.25) is 0 Å². The fourth-order valence-electron chi connectivity index (χ4n) is 1.77. The summed E-state index contributed by atoms with van der Waals surface area (Å²) >= 11 is 0. The first-order valence-corrected chi connectivity index (χ1v) is 7.81. The Morgan fingerprint density at radius 1 is 1.17 bits per heavy atom. The van der Waals surface area contributed by atoms with Crippen molar-refractivity contribution in [3.8, 4) is 5.75 Å². The summed E-state index contributed by atoms with van der Waals surface area (Å²) in [5.74, 6) is 0.718. The van der Waals surface area contributed by atoms with Crippen LogP contribution in [0.3, 0.4) is 0 Å². The highest BCUT2D eigenvalue weighted by Crippen LogP contribution is 2.13. The van der Waals surface area contributed by atoms with Crippen LogP contribution in [0.5, 0.6) is 5.75 Å². The van der Waals surface area contributed by atoms with Gasteiger partial charge in [0.05, 0.1) is 0 Å². The lowest BCUT2D eigenvalue weighted by atomic mass is 10.1. The minimum atomic E-state index is -0.555. The molecule has 1 N–H and O–H groups in total. The van der Waals surface area contributed by atoms with Crippen LogP contribution >= 0.6 is 0 Å². The number of benzene rings is 1. The van der Waals surface area contributed by atoms with Crippen molar-refractivity contribution >= 4 is 6.09 Å². The molecule has 0 bridgehead atoms. The molecule has 0 radical (unpaired) electrons. The molecule has 1 amide bonds. The number of ether oxygens (including phenoxy) is 2.